The van der Waals surface area contributed by atoms with Gasteiger partial charge in [-0.15, -0.1) is 0 Å². The van der Waals surface area contributed by atoms with E-state index in [0.717, 1.165) is 6.42 Å². The minimum atomic E-state index is -0.356. The van der Waals surface area contributed by atoms with E-state index in [1.54, 1.807) is 0 Å². The first-order valence-corrected chi connectivity index (χ1v) is 2.89. The molecule has 0 aliphatic heterocycles. The smallest absolute Gasteiger partial charge is 0.0706 e. The zero-order valence-electron chi connectivity index (χ0n) is 4.75. The van der Waals surface area contributed by atoms with Gasteiger partial charge in [0, 0.05) is 12.1 Å². The molecule has 1 rings (SSSR count). The van der Waals surface area contributed by atoms with Crippen molar-refractivity contribution < 1.29 is 5.11 Å². The SMILES string of the molecule is NC1CC(N)C(O)C1. The topological polar surface area (TPSA) is 72.3 Å². The maximum Gasteiger partial charge on any atom is 0.0706 e. The lowest BCUT2D eigenvalue weighted by molar-refractivity contribution is 0.164. The third-order valence-electron chi connectivity index (χ3n) is 1.61. The fourth-order valence-electron chi connectivity index (χ4n) is 1.09. The van der Waals surface area contributed by atoms with Crippen LogP contribution in [0.5, 0.6) is 0 Å². The summed E-state index contributed by atoms with van der Waals surface area (Å²) in [7, 11) is 0. The zero-order chi connectivity index (χ0) is 6.15. The van der Waals surface area contributed by atoms with E-state index in [1.165, 1.54) is 0 Å². The first-order chi connectivity index (χ1) is 3.70. The highest BCUT2D eigenvalue weighted by molar-refractivity contribution is 4.87. The van der Waals surface area contributed by atoms with Gasteiger partial charge in [-0.1, -0.05) is 0 Å². The molecule has 0 aromatic carbocycles. The fraction of sp³-hybridized carbons (Fsp3) is 1.00. The Kier molecular flexibility index (Phi) is 1.51. The Morgan fingerprint density at radius 3 is 2.00 bits per heavy atom. The molecule has 1 aliphatic carbocycles. The van der Waals surface area contributed by atoms with Crippen LogP contribution in [0.1, 0.15) is 12.8 Å². The average Bonchev–Trinajstić information content (AvgIpc) is 1.85. The minimum absolute atomic E-state index is 0.0787. The normalized spacial score (nSPS) is 47.6. The van der Waals surface area contributed by atoms with Crippen LogP contribution in [0.2, 0.25) is 0 Å². The number of aliphatic hydroxyl groups is 1. The lowest BCUT2D eigenvalue weighted by Gasteiger charge is -2.04. The summed E-state index contributed by atoms with van der Waals surface area (Å²) in [6.45, 7) is 0. The Balaban J connectivity index is 2.39. The summed E-state index contributed by atoms with van der Waals surface area (Å²) in [4.78, 5) is 0. The lowest BCUT2D eigenvalue weighted by atomic mass is 10.2. The van der Waals surface area contributed by atoms with E-state index in [9.17, 15) is 0 Å². The second kappa shape index (κ2) is 2.01. The number of hydrogen-bond acceptors (Lipinski definition) is 3. The Morgan fingerprint density at radius 2 is 1.88 bits per heavy atom. The van der Waals surface area contributed by atoms with Crippen LogP contribution in [0.15, 0.2) is 0 Å². The molecule has 0 spiro atoms. The number of aliphatic hydroxyl groups excluding tert-OH is 1. The van der Waals surface area contributed by atoms with Gasteiger partial charge in [-0.2, -0.15) is 0 Å². The summed E-state index contributed by atoms with van der Waals surface area (Å²) in [5.74, 6) is 0. The summed E-state index contributed by atoms with van der Waals surface area (Å²) < 4.78 is 0. The first kappa shape index (κ1) is 6.01. The van der Waals surface area contributed by atoms with Crippen LogP contribution in [0.25, 0.3) is 0 Å². The van der Waals surface area contributed by atoms with Crippen molar-refractivity contribution in [1.82, 2.24) is 0 Å². The van der Waals surface area contributed by atoms with Crippen molar-refractivity contribution in [2.45, 2.75) is 31.0 Å². The largest absolute Gasteiger partial charge is 0.391 e. The molecule has 0 radical (unpaired) electrons. The van der Waals surface area contributed by atoms with Crippen LogP contribution < -0.4 is 11.5 Å². The van der Waals surface area contributed by atoms with Crippen LogP contribution in [0.4, 0.5) is 0 Å². The van der Waals surface area contributed by atoms with Gasteiger partial charge in [0.05, 0.1) is 6.10 Å². The maximum atomic E-state index is 8.96. The summed E-state index contributed by atoms with van der Waals surface area (Å²) >= 11 is 0. The molecule has 0 bridgehead atoms. The average molecular weight is 116 g/mol. The highest BCUT2D eigenvalue weighted by atomic mass is 16.3. The Hall–Kier alpha value is -0.120. The molecule has 1 fully saturated rings. The van der Waals surface area contributed by atoms with Gasteiger partial charge < -0.3 is 16.6 Å². The highest BCUT2D eigenvalue weighted by Crippen LogP contribution is 2.15. The molecule has 0 aromatic rings. The Bertz CT molecular complexity index is 76.5. The van der Waals surface area contributed by atoms with E-state index in [-0.39, 0.29) is 18.2 Å². The van der Waals surface area contributed by atoms with Gasteiger partial charge in [0.2, 0.25) is 0 Å². The van der Waals surface area contributed by atoms with Gasteiger partial charge in [-0.25, -0.2) is 0 Å². The first-order valence-electron chi connectivity index (χ1n) is 2.89. The van der Waals surface area contributed by atoms with Gasteiger partial charge >= 0.3 is 0 Å². The number of rotatable bonds is 0. The second-order valence-corrected chi connectivity index (χ2v) is 2.46. The minimum Gasteiger partial charge on any atom is -0.391 e. The molecule has 8 heavy (non-hydrogen) atoms. The second-order valence-electron chi connectivity index (χ2n) is 2.46. The molecule has 3 nitrogen and oxygen atoms in total. The summed E-state index contributed by atoms with van der Waals surface area (Å²) in [6.07, 6.45) is 1.08. The molecule has 1 aliphatic rings. The van der Waals surface area contributed by atoms with Crippen molar-refractivity contribution in [3.8, 4) is 0 Å². The maximum absolute atomic E-state index is 8.96. The van der Waals surface area contributed by atoms with E-state index in [0.29, 0.717) is 6.42 Å². The lowest BCUT2D eigenvalue weighted by Crippen LogP contribution is -2.28. The van der Waals surface area contributed by atoms with Gasteiger partial charge in [0.1, 0.15) is 0 Å². The molecule has 3 unspecified atom stereocenters. The molecule has 0 heterocycles. The molecule has 3 atom stereocenters. The van der Waals surface area contributed by atoms with E-state index < -0.39 is 0 Å². The molecule has 5 N–H and O–H groups in total. The Morgan fingerprint density at radius 1 is 1.25 bits per heavy atom. The van der Waals surface area contributed by atoms with Crippen LogP contribution in [-0.2, 0) is 0 Å². The van der Waals surface area contributed by atoms with Crippen molar-refractivity contribution in [2.75, 3.05) is 0 Å². The summed E-state index contributed by atoms with van der Waals surface area (Å²) in [6, 6.07) is 0.0463. The van der Waals surface area contributed by atoms with E-state index in [4.69, 9.17) is 16.6 Å². The van der Waals surface area contributed by atoms with Gasteiger partial charge in [-0.3, -0.25) is 0 Å². The van der Waals surface area contributed by atoms with Crippen molar-refractivity contribution in [2.24, 2.45) is 11.5 Å². The van der Waals surface area contributed by atoms with Crippen molar-refractivity contribution in [3.05, 3.63) is 0 Å². The predicted octanol–water partition coefficient (Wildman–Crippen LogP) is -1.20. The highest BCUT2D eigenvalue weighted by Gasteiger charge is 2.27. The van der Waals surface area contributed by atoms with E-state index in [1.807, 2.05) is 0 Å². The van der Waals surface area contributed by atoms with Crippen LogP contribution in [0, 0.1) is 0 Å². The molecular weight excluding hydrogens is 104 g/mol. The van der Waals surface area contributed by atoms with Crippen molar-refractivity contribution >= 4 is 0 Å². The molecular formula is C5H12N2O. The quantitative estimate of drug-likeness (QED) is 0.372. The fourth-order valence-corrected chi connectivity index (χ4v) is 1.09. The number of nitrogens with two attached hydrogens (primary N) is 2. The van der Waals surface area contributed by atoms with Gasteiger partial charge in [0.25, 0.3) is 0 Å². The predicted molar refractivity (Wildman–Crippen MR) is 31.2 cm³/mol. The van der Waals surface area contributed by atoms with Gasteiger partial charge in [-0.05, 0) is 12.8 Å². The Labute approximate surface area is 48.7 Å². The molecule has 0 saturated heterocycles. The van der Waals surface area contributed by atoms with E-state index >= 15 is 0 Å². The summed E-state index contributed by atoms with van der Waals surface area (Å²) in [5.41, 5.74) is 10.9. The molecule has 0 aromatic heterocycles. The molecule has 48 valence electrons. The molecule has 1 saturated carbocycles. The molecule has 0 amide bonds. The van der Waals surface area contributed by atoms with Crippen LogP contribution in [-0.4, -0.2) is 23.3 Å². The standard InChI is InChI=1S/C5H12N2O/c6-3-1-4(7)5(8)2-3/h3-5,8H,1-2,6-7H2. The van der Waals surface area contributed by atoms with Gasteiger partial charge in [0.15, 0.2) is 0 Å². The third kappa shape index (κ3) is 0.992. The van der Waals surface area contributed by atoms with Crippen LogP contribution in [0.3, 0.4) is 0 Å². The van der Waals surface area contributed by atoms with Crippen molar-refractivity contribution in [1.29, 1.82) is 0 Å². The molecule has 3 heteroatoms. The van der Waals surface area contributed by atoms with Crippen molar-refractivity contribution in [3.63, 3.8) is 0 Å². The number of hydrogen-bond donors (Lipinski definition) is 3. The third-order valence-corrected chi connectivity index (χ3v) is 1.61. The van der Waals surface area contributed by atoms with E-state index in [2.05, 4.69) is 0 Å². The monoisotopic (exact) mass is 116 g/mol. The summed E-state index contributed by atoms with van der Waals surface area (Å²) in [5, 5.41) is 8.96. The zero-order valence-corrected chi connectivity index (χ0v) is 4.75. The van der Waals surface area contributed by atoms with Crippen LogP contribution >= 0.6 is 0 Å².